The molecule has 0 aromatic rings. The van der Waals surface area contributed by atoms with E-state index in [2.05, 4.69) is 33.9 Å². The van der Waals surface area contributed by atoms with Crippen LogP contribution in [0, 0.1) is 5.92 Å². The van der Waals surface area contributed by atoms with Gasteiger partial charge in [-0.15, -0.1) is 0 Å². The van der Waals surface area contributed by atoms with Crippen LogP contribution in [0.4, 0.5) is 0 Å². The first-order chi connectivity index (χ1) is 6.99. The second-order valence-corrected chi connectivity index (χ2v) is 11.1. The molecule has 0 heterocycles. The molecule has 0 aliphatic rings. The zero-order chi connectivity index (χ0) is 13.1. The molecule has 0 aliphatic carbocycles. The SMILES string of the molecule is CC(O)C(O)C(C)CO[Si](C)(C)C(C)(C)C. The van der Waals surface area contributed by atoms with Gasteiger partial charge in [0.15, 0.2) is 8.32 Å². The molecule has 0 aromatic carbocycles. The third-order valence-corrected chi connectivity index (χ3v) is 8.09. The summed E-state index contributed by atoms with van der Waals surface area (Å²) in [5, 5.41) is 19.1. The summed E-state index contributed by atoms with van der Waals surface area (Å²) in [5.41, 5.74) is 0. The van der Waals surface area contributed by atoms with Crippen LogP contribution in [-0.4, -0.2) is 37.3 Å². The number of hydrogen-bond donors (Lipinski definition) is 2. The molecule has 2 N–H and O–H groups in total. The molecule has 0 saturated carbocycles. The van der Waals surface area contributed by atoms with Crippen LogP contribution in [0.2, 0.25) is 18.1 Å². The molecule has 0 aliphatic heterocycles. The molecule has 0 spiro atoms. The fourth-order valence-corrected chi connectivity index (χ4v) is 2.24. The Kier molecular flexibility index (Phi) is 5.66. The average Bonchev–Trinajstić information content (AvgIpc) is 2.11. The maximum atomic E-state index is 9.68. The molecule has 0 aromatic heterocycles. The predicted molar refractivity (Wildman–Crippen MR) is 70.0 cm³/mol. The average molecular weight is 248 g/mol. The van der Waals surface area contributed by atoms with Crippen molar-refractivity contribution in [2.24, 2.45) is 5.92 Å². The minimum atomic E-state index is -1.74. The molecule has 0 bridgehead atoms. The van der Waals surface area contributed by atoms with Gasteiger partial charge in [0.25, 0.3) is 0 Å². The molecular weight excluding hydrogens is 220 g/mol. The predicted octanol–water partition coefficient (Wildman–Crippen LogP) is 2.39. The van der Waals surface area contributed by atoms with Crippen LogP contribution >= 0.6 is 0 Å². The molecule has 3 nitrogen and oxygen atoms in total. The number of aliphatic hydroxyl groups is 2. The van der Waals surface area contributed by atoms with Gasteiger partial charge in [-0.3, -0.25) is 0 Å². The molecular formula is C12H28O3Si. The van der Waals surface area contributed by atoms with Crippen molar-refractivity contribution in [1.82, 2.24) is 0 Å². The normalized spacial score (nSPS) is 19.3. The van der Waals surface area contributed by atoms with Crippen molar-refractivity contribution in [2.45, 2.75) is 65.0 Å². The van der Waals surface area contributed by atoms with E-state index in [1.165, 1.54) is 0 Å². The van der Waals surface area contributed by atoms with Gasteiger partial charge in [-0.1, -0.05) is 27.7 Å². The van der Waals surface area contributed by atoms with E-state index in [9.17, 15) is 10.2 Å². The monoisotopic (exact) mass is 248 g/mol. The fourth-order valence-electron chi connectivity index (χ4n) is 1.13. The van der Waals surface area contributed by atoms with Crippen LogP contribution in [0.3, 0.4) is 0 Å². The van der Waals surface area contributed by atoms with Gasteiger partial charge in [-0.2, -0.15) is 0 Å². The lowest BCUT2D eigenvalue weighted by Gasteiger charge is -2.37. The fraction of sp³-hybridized carbons (Fsp3) is 1.00. The molecule has 0 saturated heterocycles. The minimum absolute atomic E-state index is 0.0332. The summed E-state index contributed by atoms with van der Waals surface area (Å²) in [6.45, 7) is 15.0. The zero-order valence-electron chi connectivity index (χ0n) is 11.7. The van der Waals surface area contributed by atoms with Crippen molar-refractivity contribution in [3.8, 4) is 0 Å². The molecule has 16 heavy (non-hydrogen) atoms. The summed E-state index contributed by atoms with van der Waals surface area (Å²) in [4.78, 5) is 0. The second-order valence-electron chi connectivity index (χ2n) is 6.28. The smallest absolute Gasteiger partial charge is 0.191 e. The third-order valence-electron chi connectivity index (χ3n) is 3.59. The van der Waals surface area contributed by atoms with Gasteiger partial charge in [-0.25, -0.2) is 0 Å². The lowest BCUT2D eigenvalue weighted by molar-refractivity contribution is -0.0158. The van der Waals surface area contributed by atoms with Gasteiger partial charge < -0.3 is 14.6 Å². The summed E-state index contributed by atoms with van der Waals surface area (Å²) < 4.78 is 5.99. The topological polar surface area (TPSA) is 49.7 Å². The highest BCUT2D eigenvalue weighted by atomic mass is 28.4. The Morgan fingerprint density at radius 1 is 1.12 bits per heavy atom. The Balaban J connectivity index is 4.25. The molecule has 3 atom stereocenters. The first-order valence-electron chi connectivity index (χ1n) is 5.99. The Labute approximate surface area is 101 Å². The summed E-state index contributed by atoms with van der Waals surface area (Å²) >= 11 is 0. The molecule has 0 fully saturated rings. The second kappa shape index (κ2) is 5.62. The van der Waals surface area contributed by atoms with Gasteiger partial charge in [0.2, 0.25) is 0 Å². The highest BCUT2D eigenvalue weighted by Crippen LogP contribution is 2.36. The molecule has 0 amide bonds. The third kappa shape index (κ3) is 4.53. The summed E-state index contributed by atoms with van der Waals surface area (Å²) in [6, 6.07) is 0. The van der Waals surface area contributed by atoms with Crippen molar-refractivity contribution in [2.75, 3.05) is 6.61 Å². The number of hydrogen-bond acceptors (Lipinski definition) is 3. The quantitative estimate of drug-likeness (QED) is 0.735. The highest BCUT2D eigenvalue weighted by Gasteiger charge is 2.37. The van der Waals surface area contributed by atoms with E-state index in [-0.39, 0.29) is 11.0 Å². The molecule has 0 rings (SSSR count). The van der Waals surface area contributed by atoms with Crippen molar-refractivity contribution in [1.29, 1.82) is 0 Å². The maximum Gasteiger partial charge on any atom is 0.191 e. The molecule has 3 unspecified atom stereocenters. The molecule has 0 radical (unpaired) electrons. The number of aliphatic hydroxyl groups excluding tert-OH is 2. The van der Waals surface area contributed by atoms with Crippen LogP contribution < -0.4 is 0 Å². The van der Waals surface area contributed by atoms with Gasteiger partial charge in [0.1, 0.15) is 0 Å². The Hall–Kier alpha value is 0.0969. The highest BCUT2D eigenvalue weighted by molar-refractivity contribution is 6.74. The van der Waals surface area contributed by atoms with Crippen LogP contribution in [0.1, 0.15) is 34.6 Å². The number of rotatable bonds is 5. The van der Waals surface area contributed by atoms with Gasteiger partial charge in [0.05, 0.1) is 12.2 Å². The van der Waals surface area contributed by atoms with Crippen molar-refractivity contribution in [3.63, 3.8) is 0 Å². The van der Waals surface area contributed by atoms with Crippen molar-refractivity contribution in [3.05, 3.63) is 0 Å². The van der Waals surface area contributed by atoms with Gasteiger partial charge >= 0.3 is 0 Å². The standard InChI is InChI=1S/C12H28O3Si/c1-9(11(14)10(2)13)8-15-16(6,7)12(3,4)5/h9-11,13-14H,8H2,1-7H3. The first-order valence-corrected chi connectivity index (χ1v) is 8.90. The first kappa shape index (κ1) is 16.1. The van der Waals surface area contributed by atoms with E-state index in [0.717, 1.165) is 0 Å². The van der Waals surface area contributed by atoms with Crippen LogP contribution in [0.5, 0.6) is 0 Å². The summed E-state index contributed by atoms with van der Waals surface area (Å²) in [7, 11) is -1.74. The van der Waals surface area contributed by atoms with Crippen LogP contribution in [-0.2, 0) is 4.43 Å². The summed E-state index contributed by atoms with van der Waals surface area (Å²) in [6.07, 6.45) is -1.40. The lowest BCUT2D eigenvalue weighted by atomic mass is 10.0. The van der Waals surface area contributed by atoms with E-state index < -0.39 is 20.5 Å². The van der Waals surface area contributed by atoms with Crippen molar-refractivity contribution >= 4 is 8.32 Å². The lowest BCUT2D eigenvalue weighted by Crippen LogP contribution is -2.43. The van der Waals surface area contributed by atoms with E-state index >= 15 is 0 Å². The largest absolute Gasteiger partial charge is 0.416 e. The van der Waals surface area contributed by atoms with Gasteiger partial charge in [0, 0.05) is 12.5 Å². The molecule has 4 heteroatoms. The Bertz CT molecular complexity index is 209. The zero-order valence-corrected chi connectivity index (χ0v) is 12.7. The Morgan fingerprint density at radius 3 is 1.88 bits per heavy atom. The summed E-state index contributed by atoms with van der Waals surface area (Å²) in [5.74, 6) is -0.0332. The van der Waals surface area contributed by atoms with Crippen LogP contribution in [0.25, 0.3) is 0 Å². The van der Waals surface area contributed by atoms with Crippen LogP contribution in [0.15, 0.2) is 0 Å². The van der Waals surface area contributed by atoms with E-state index in [4.69, 9.17) is 4.43 Å². The maximum absolute atomic E-state index is 9.68. The van der Waals surface area contributed by atoms with Crippen molar-refractivity contribution < 1.29 is 14.6 Å². The molecule has 98 valence electrons. The van der Waals surface area contributed by atoms with E-state index in [1.54, 1.807) is 6.92 Å². The van der Waals surface area contributed by atoms with E-state index in [1.807, 2.05) is 6.92 Å². The Morgan fingerprint density at radius 2 is 1.56 bits per heavy atom. The van der Waals surface area contributed by atoms with E-state index in [0.29, 0.717) is 6.61 Å². The van der Waals surface area contributed by atoms with Gasteiger partial charge in [-0.05, 0) is 25.1 Å². The minimum Gasteiger partial charge on any atom is -0.416 e.